The standard InChI is InChI=1S/C22H33FN2O3/c1-17(26)24-11-12-25(19-7-9-21(2,3)10-8-19)15-22(27,14-24)16-28-20-6-4-5-18(23)13-20/h4-6,13,19,27H,7-12,14-16H2,1-3H3/t22-/m1/s1. The molecule has 1 saturated heterocycles. The summed E-state index contributed by atoms with van der Waals surface area (Å²) in [6, 6.07) is 6.34. The van der Waals surface area contributed by atoms with Crippen molar-refractivity contribution in [1.29, 1.82) is 0 Å². The predicted molar refractivity (Wildman–Crippen MR) is 107 cm³/mol. The summed E-state index contributed by atoms with van der Waals surface area (Å²) in [5, 5.41) is 11.4. The Morgan fingerprint density at radius 3 is 2.61 bits per heavy atom. The highest BCUT2D eigenvalue weighted by atomic mass is 19.1. The number of aliphatic hydroxyl groups is 1. The summed E-state index contributed by atoms with van der Waals surface area (Å²) >= 11 is 0. The van der Waals surface area contributed by atoms with Crippen LogP contribution in [0.1, 0.15) is 46.5 Å². The van der Waals surface area contributed by atoms with Crippen LogP contribution >= 0.6 is 0 Å². The van der Waals surface area contributed by atoms with E-state index in [0.29, 0.717) is 30.3 Å². The Labute approximate surface area is 167 Å². The van der Waals surface area contributed by atoms with Crippen molar-refractivity contribution in [2.75, 3.05) is 32.8 Å². The molecule has 0 unspecified atom stereocenters. The van der Waals surface area contributed by atoms with Gasteiger partial charge in [0.05, 0.1) is 6.54 Å². The van der Waals surface area contributed by atoms with Crippen molar-refractivity contribution in [3.8, 4) is 5.75 Å². The Balaban J connectivity index is 1.71. The van der Waals surface area contributed by atoms with Gasteiger partial charge in [0.25, 0.3) is 0 Å². The largest absolute Gasteiger partial charge is 0.490 e. The molecule has 1 amide bonds. The first-order valence-corrected chi connectivity index (χ1v) is 10.3. The van der Waals surface area contributed by atoms with Crippen LogP contribution in [0.4, 0.5) is 4.39 Å². The maximum Gasteiger partial charge on any atom is 0.219 e. The van der Waals surface area contributed by atoms with Crippen molar-refractivity contribution in [3.05, 3.63) is 30.1 Å². The van der Waals surface area contributed by atoms with Gasteiger partial charge >= 0.3 is 0 Å². The lowest BCUT2D eigenvalue weighted by atomic mass is 9.75. The van der Waals surface area contributed by atoms with Crippen LogP contribution in [0.25, 0.3) is 0 Å². The molecule has 1 heterocycles. The van der Waals surface area contributed by atoms with Crippen LogP contribution in [0.2, 0.25) is 0 Å². The minimum absolute atomic E-state index is 0.0228. The first-order valence-electron chi connectivity index (χ1n) is 10.3. The number of nitrogens with zero attached hydrogens (tertiary/aromatic N) is 2. The van der Waals surface area contributed by atoms with Gasteiger partial charge in [0, 0.05) is 38.7 Å². The van der Waals surface area contributed by atoms with Gasteiger partial charge in [-0.2, -0.15) is 0 Å². The van der Waals surface area contributed by atoms with Gasteiger partial charge in [-0.15, -0.1) is 0 Å². The van der Waals surface area contributed by atoms with Gasteiger partial charge in [0.15, 0.2) is 0 Å². The SMILES string of the molecule is CC(=O)N1CCN(C2CCC(C)(C)CC2)C[C@@](O)(COc2cccc(F)c2)C1. The second-order valence-electron chi connectivity index (χ2n) is 9.28. The number of halogens is 1. The number of rotatable bonds is 4. The molecule has 1 aromatic rings. The van der Waals surface area contributed by atoms with E-state index in [4.69, 9.17) is 4.74 Å². The number of hydrogen-bond donors (Lipinski definition) is 1. The number of hydrogen-bond acceptors (Lipinski definition) is 4. The van der Waals surface area contributed by atoms with Crippen LogP contribution in [0.15, 0.2) is 24.3 Å². The molecule has 156 valence electrons. The molecule has 0 bridgehead atoms. The van der Waals surface area contributed by atoms with Crippen LogP contribution < -0.4 is 4.74 Å². The zero-order valence-electron chi connectivity index (χ0n) is 17.3. The topological polar surface area (TPSA) is 53.0 Å². The van der Waals surface area contributed by atoms with Gasteiger partial charge < -0.3 is 14.7 Å². The summed E-state index contributed by atoms with van der Waals surface area (Å²) in [5.74, 6) is -0.0315. The minimum Gasteiger partial charge on any atom is -0.490 e. The molecule has 2 fully saturated rings. The van der Waals surface area contributed by atoms with E-state index >= 15 is 0 Å². The van der Waals surface area contributed by atoms with Crippen LogP contribution in [0.5, 0.6) is 5.75 Å². The van der Waals surface area contributed by atoms with Crippen molar-refractivity contribution >= 4 is 5.91 Å². The summed E-state index contributed by atoms with van der Waals surface area (Å²) in [4.78, 5) is 16.1. The molecule has 5 nitrogen and oxygen atoms in total. The zero-order valence-corrected chi connectivity index (χ0v) is 17.3. The average Bonchev–Trinajstić information content (AvgIpc) is 2.80. The van der Waals surface area contributed by atoms with Crippen molar-refractivity contribution in [3.63, 3.8) is 0 Å². The lowest BCUT2D eigenvalue weighted by Crippen LogP contribution is -2.53. The Hall–Kier alpha value is -1.66. The molecular formula is C22H33FN2O3. The minimum atomic E-state index is -1.19. The molecule has 3 rings (SSSR count). The molecule has 2 aliphatic rings. The maximum atomic E-state index is 13.4. The molecular weight excluding hydrogens is 359 g/mol. The summed E-state index contributed by atoms with van der Waals surface area (Å²) in [6.45, 7) is 8.23. The fourth-order valence-corrected chi connectivity index (χ4v) is 4.39. The lowest BCUT2D eigenvalue weighted by Gasteiger charge is -2.41. The molecule has 1 aliphatic carbocycles. The zero-order chi connectivity index (χ0) is 20.4. The Bertz CT molecular complexity index is 686. The number of carbonyl (C=O) groups is 1. The summed E-state index contributed by atoms with van der Waals surface area (Å²) < 4.78 is 19.2. The molecule has 1 N–H and O–H groups in total. The van der Waals surface area contributed by atoms with Gasteiger partial charge in [-0.3, -0.25) is 9.69 Å². The average molecular weight is 393 g/mol. The molecule has 0 radical (unpaired) electrons. The van der Waals surface area contributed by atoms with E-state index in [1.165, 1.54) is 31.9 Å². The quantitative estimate of drug-likeness (QED) is 0.856. The fraction of sp³-hybridized carbons (Fsp3) is 0.682. The highest BCUT2D eigenvalue weighted by Gasteiger charge is 2.40. The normalized spacial score (nSPS) is 26.7. The van der Waals surface area contributed by atoms with Crippen molar-refractivity contribution in [1.82, 2.24) is 9.80 Å². The fourth-order valence-electron chi connectivity index (χ4n) is 4.39. The van der Waals surface area contributed by atoms with Gasteiger partial charge in [0.1, 0.15) is 23.8 Å². The number of ether oxygens (including phenoxy) is 1. The second-order valence-corrected chi connectivity index (χ2v) is 9.28. The van der Waals surface area contributed by atoms with Crippen molar-refractivity contribution in [2.45, 2.75) is 58.1 Å². The lowest BCUT2D eigenvalue weighted by molar-refractivity contribution is -0.132. The third kappa shape index (κ3) is 5.45. The summed E-state index contributed by atoms with van der Waals surface area (Å²) in [5.41, 5.74) is -0.813. The molecule has 6 heteroatoms. The van der Waals surface area contributed by atoms with E-state index in [2.05, 4.69) is 18.7 Å². The van der Waals surface area contributed by atoms with Crippen molar-refractivity contribution in [2.24, 2.45) is 5.41 Å². The van der Waals surface area contributed by atoms with E-state index in [9.17, 15) is 14.3 Å². The molecule has 1 aromatic carbocycles. The predicted octanol–water partition coefficient (Wildman–Crippen LogP) is 3.07. The smallest absolute Gasteiger partial charge is 0.219 e. The van der Waals surface area contributed by atoms with E-state index in [1.54, 1.807) is 17.0 Å². The van der Waals surface area contributed by atoms with E-state index < -0.39 is 5.60 Å². The highest BCUT2D eigenvalue weighted by molar-refractivity contribution is 5.73. The highest BCUT2D eigenvalue weighted by Crippen LogP contribution is 2.37. The van der Waals surface area contributed by atoms with E-state index in [-0.39, 0.29) is 24.9 Å². The van der Waals surface area contributed by atoms with Crippen molar-refractivity contribution < 1.29 is 19.0 Å². The molecule has 0 aromatic heterocycles. The number of benzene rings is 1. The molecule has 28 heavy (non-hydrogen) atoms. The first-order chi connectivity index (χ1) is 13.2. The van der Waals surface area contributed by atoms with Crippen LogP contribution in [0, 0.1) is 11.2 Å². The summed E-state index contributed by atoms with van der Waals surface area (Å²) in [7, 11) is 0. The molecule has 1 aliphatic heterocycles. The van der Waals surface area contributed by atoms with E-state index in [1.807, 2.05) is 0 Å². The van der Waals surface area contributed by atoms with Gasteiger partial charge in [-0.1, -0.05) is 19.9 Å². The summed E-state index contributed by atoms with van der Waals surface area (Å²) in [6.07, 6.45) is 4.55. The molecule has 1 saturated carbocycles. The number of β-amino-alcohol motifs (C(OH)–C–C–N with tert-alkyl or cyclic N) is 1. The Morgan fingerprint density at radius 2 is 1.96 bits per heavy atom. The van der Waals surface area contributed by atoms with E-state index in [0.717, 1.165) is 19.4 Å². The number of amides is 1. The third-order valence-corrected chi connectivity index (χ3v) is 6.21. The monoisotopic (exact) mass is 392 g/mol. The first kappa shape index (κ1) is 21.1. The number of carbonyl (C=O) groups excluding carboxylic acids is 1. The third-order valence-electron chi connectivity index (χ3n) is 6.21. The molecule has 0 spiro atoms. The van der Waals surface area contributed by atoms with Gasteiger partial charge in [0.2, 0.25) is 5.91 Å². The molecule has 1 atom stereocenters. The second kappa shape index (κ2) is 8.37. The van der Waals surface area contributed by atoms with Gasteiger partial charge in [-0.05, 0) is 43.2 Å². The Kier molecular flexibility index (Phi) is 6.30. The Morgan fingerprint density at radius 1 is 1.25 bits per heavy atom. The maximum absolute atomic E-state index is 13.4. The van der Waals surface area contributed by atoms with Crippen LogP contribution in [-0.2, 0) is 4.79 Å². The van der Waals surface area contributed by atoms with Crippen LogP contribution in [-0.4, -0.2) is 65.2 Å². The van der Waals surface area contributed by atoms with Crippen LogP contribution in [0.3, 0.4) is 0 Å². The van der Waals surface area contributed by atoms with Gasteiger partial charge in [-0.25, -0.2) is 4.39 Å².